The summed E-state index contributed by atoms with van der Waals surface area (Å²) in [7, 11) is 1.62. The van der Waals surface area contributed by atoms with Crippen molar-refractivity contribution in [2.24, 2.45) is 5.73 Å². The van der Waals surface area contributed by atoms with Gasteiger partial charge in [-0.05, 0) is 17.7 Å². The topological polar surface area (TPSA) is 38.5 Å². The van der Waals surface area contributed by atoms with E-state index in [1.165, 1.54) is 6.07 Å². The van der Waals surface area contributed by atoms with Crippen molar-refractivity contribution in [3.8, 4) is 0 Å². The van der Waals surface area contributed by atoms with Gasteiger partial charge in [-0.1, -0.05) is 6.07 Å². The second-order valence-corrected chi connectivity index (χ2v) is 4.40. The van der Waals surface area contributed by atoms with Crippen LogP contribution in [-0.2, 0) is 4.74 Å². The highest BCUT2D eigenvalue weighted by Crippen LogP contribution is 2.27. The van der Waals surface area contributed by atoms with Gasteiger partial charge in [-0.2, -0.15) is 0 Å². The van der Waals surface area contributed by atoms with Crippen molar-refractivity contribution in [1.82, 2.24) is 4.90 Å². The standard InChI is InChI=1S/C12H16F2N2O/c1-17-7-16-5-9(12(15)6-16)8-2-3-10(13)11(14)4-8/h2-4,9,12H,5-7,15H2,1H3. The van der Waals surface area contributed by atoms with Gasteiger partial charge in [0.15, 0.2) is 11.6 Å². The van der Waals surface area contributed by atoms with Crippen LogP contribution < -0.4 is 5.73 Å². The average Bonchev–Trinajstić information content (AvgIpc) is 2.64. The Morgan fingerprint density at radius 1 is 1.35 bits per heavy atom. The summed E-state index contributed by atoms with van der Waals surface area (Å²) in [5.41, 5.74) is 6.75. The number of halogens is 2. The zero-order valence-electron chi connectivity index (χ0n) is 9.70. The zero-order chi connectivity index (χ0) is 12.4. The van der Waals surface area contributed by atoms with Gasteiger partial charge in [-0.3, -0.25) is 4.90 Å². The van der Waals surface area contributed by atoms with E-state index in [1.807, 2.05) is 0 Å². The van der Waals surface area contributed by atoms with E-state index in [1.54, 1.807) is 13.2 Å². The smallest absolute Gasteiger partial charge is 0.159 e. The first-order valence-electron chi connectivity index (χ1n) is 5.53. The van der Waals surface area contributed by atoms with Crippen LogP contribution in [-0.4, -0.2) is 37.9 Å². The Kier molecular flexibility index (Phi) is 3.71. The van der Waals surface area contributed by atoms with Crippen LogP contribution in [0.5, 0.6) is 0 Å². The number of likely N-dealkylation sites (tertiary alicyclic amines) is 1. The number of hydrogen-bond donors (Lipinski definition) is 1. The number of benzene rings is 1. The van der Waals surface area contributed by atoms with Gasteiger partial charge in [0.2, 0.25) is 0 Å². The fourth-order valence-electron chi connectivity index (χ4n) is 2.30. The summed E-state index contributed by atoms with van der Waals surface area (Å²) in [5, 5.41) is 0. The van der Waals surface area contributed by atoms with Gasteiger partial charge in [0.05, 0.1) is 6.73 Å². The number of methoxy groups -OCH3 is 1. The molecular weight excluding hydrogens is 226 g/mol. The van der Waals surface area contributed by atoms with E-state index >= 15 is 0 Å². The molecule has 2 unspecified atom stereocenters. The summed E-state index contributed by atoms with van der Waals surface area (Å²) in [5.74, 6) is -1.62. The molecular formula is C12H16F2N2O. The van der Waals surface area contributed by atoms with E-state index in [-0.39, 0.29) is 12.0 Å². The second kappa shape index (κ2) is 5.08. The lowest BCUT2D eigenvalue weighted by Gasteiger charge is -2.15. The molecule has 0 aliphatic carbocycles. The number of nitrogens with two attached hydrogens (primary N) is 1. The van der Waals surface area contributed by atoms with E-state index in [0.29, 0.717) is 19.8 Å². The minimum atomic E-state index is -0.825. The summed E-state index contributed by atoms with van der Waals surface area (Å²) < 4.78 is 31.0. The first-order chi connectivity index (χ1) is 8.11. The Hall–Kier alpha value is -1.04. The molecule has 1 aliphatic rings. The summed E-state index contributed by atoms with van der Waals surface area (Å²) in [6.45, 7) is 1.92. The normalized spacial score (nSPS) is 25.4. The molecule has 17 heavy (non-hydrogen) atoms. The van der Waals surface area contributed by atoms with Gasteiger partial charge in [0.1, 0.15) is 0 Å². The molecule has 1 fully saturated rings. The SMILES string of the molecule is COCN1CC(N)C(c2ccc(F)c(F)c2)C1. The Bertz CT molecular complexity index is 400. The molecule has 0 aromatic heterocycles. The van der Waals surface area contributed by atoms with Gasteiger partial charge in [-0.15, -0.1) is 0 Å². The molecule has 3 nitrogen and oxygen atoms in total. The molecule has 0 spiro atoms. The molecule has 2 atom stereocenters. The fourth-order valence-corrected chi connectivity index (χ4v) is 2.30. The molecule has 2 N–H and O–H groups in total. The molecule has 1 aliphatic heterocycles. The second-order valence-electron chi connectivity index (χ2n) is 4.40. The molecule has 94 valence electrons. The summed E-state index contributed by atoms with van der Waals surface area (Å²) in [6, 6.07) is 3.90. The van der Waals surface area contributed by atoms with Gasteiger partial charge < -0.3 is 10.5 Å². The molecule has 1 saturated heterocycles. The fraction of sp³-hybridized carbons (Fsp3) is 0.500. The molecule has 1 aromatic rings. The molecule has 1 aromatic carbocycles. The van der Waals surface area contributed by atoms with Crippen LogP contribution in [0.25, 0.3) is 0 Å². The summed E-state index contributed by atoms with van der Waals surface area (Å²) >= 11 is 0. The molecule has 5 heteroatoms. The third kappa shape index (κ3) is 2.62. The van der Waals surface area contributed by atoms with Crippen LogP contribution in [0.4, 0.5) is 8.78 Å². The maximum atomic E-state index is 13.2. The Morgan fingerprint density at radius 2 is 2.12 bits per heavy atom. The van der Waals surface area contributed by atoms with Crippen LogP contribution >= 0.6 is 0 Å². The predicted molar refractivity (Wildman–Crippen MR) is 60.5 cm³/mol. The van der Waals surface area contributed by atoms with Crippen LogP contribution in [0, 0.1) is 11.6 Å². The molecule has 1 heterocycles. The molecule has 2 rings (SSSR count). The van der Waals surface area contributed by atoms with Crippen molar-refractivity contribution in [3.05, 3.63) is 35.4 Å². The molecule has 0 bridgehead atoms. The lowest BCUT2D eigenvalue weighted by atomic mass is 9.95. The predicted octanol–water partition coefficient (Wildman–Crippen LogP) is 1.30. The molecule has 0 amide bonds. The largest absolute Gasteiger partial charge is 0.369 e. The summed E-state index contributed by atoms with van der Waals surface area (Å²) in [6.07, 6.45) is 0. The van der Waals surface area contributed by atoms with Crippen molar-refractivity contribution in [2.45, 2.75) is 12.0 Å². The van der Waals surface area contributed by atoms with Crippen LogP contribution in [0.3, 0.4) is 0 Å². The van der Waals surface area contributed by atoms with Gasteiger partial charge in [-0.25, -0.2) is 8.78 Å². The van der Waals surface area contributed by atoms with Crippen molar-refractivity contribution >= 4 is 0 Å². The zero-order valence-corrected chi connectivity index (χ0v) is 9.70. The maximum absolute atomic E-state index is 13.2. The maximum Gasteiger partial charge on any atom is 0.159 e. The molecule has 0 radical (unpaired) electrons. The van der Waals surface area contributed by atoms with E-state index in [2.05, 4.69) is 4.90 Å². The van der Waals surface area contributed by atoms with Crippen molar-refractivity contribution in [2.75, 3.05) is 26.9 Å². The van der Waals surface area contributed by atoms with Gasteiger partial charge in [0, 0.05) is 32.2 Å². The van der Waals surface area contributed by atoms with E-state index in [4.69, 9.17) is 10.5 Å². The number of ether oxygens (including phenoxy) is 1. The van der Waals surface area contributed by atoms with E-state index < -0.39 is 11.6 Å². The lowest BCUT2D eigenvalue weighted by Crippen LogP contribution is -2.29. The monoisotopic (exact) mass is 242 g/mol. The minimum Gasteiger partial charge on any atom is -0.369 e. The first kappa shape index (κ1) is 12.4. The third-order valence-electron chi connectivity index (χ3n) is 3.12. The van der Waals surface area contributed by atoms with Gasteiger partial charge in [0.25, 0.3) is 0 Å². The Balaban J connectivity index is 2.14. The first-order valence-corrected chi connectivity index (χ1v) is 5.53. The van der Waals surface area contributed by atoms with Crippen molar-refractivity contribution < 1.29 is 13.5 Å². The Morgan fingerprint density at radius 3 is 2.76 bits per heavy atom. The number of rotatable bonds is 3. The third-order valence-corrected chi connectivity index (χ3v) is 3.12. The van der Waals surface area contributed by atoms with Crippen molar-refractivity contribution in [1.29, 1.82) is 0 Å². The van der Waals surface area contributed by atoms with E-state index in [9.17, 15) is 8.78 Å². The quantitative estimate of drug-likeness (QED) is 0.868. The lowest BCUT2D eigenvalue weighted by molar-refractivity contribution is 0.0790. The van der Waals surface area contributed by atoms with Gasteiger partial charge >= 0.3 is 0 Å². The Labute approximate surface area is 99.2 Å². The highest BCUT2D eigenvalue weighted by atomic mass is 19.2. The van der Waals surface area contributed by atoms with Crippen molar-refractivity contribution in [3.63, 3.8) is 0 Å². The average molecular weight is 242 g/mol. The highest BCUT2D eigenvalue weighted by molar-refractivity contribution is 5.25. The summed E-state index contributed by atoms with van der Waals surface area (Å²) in [4.78, 5) is 2.05. The molecule has 0 saturated carbocycles. The highest BCUT2D eigenvalue weighted by Gasteiger charge is 2.31. The van der Waals surface area contributed by atoms with Crippen LogP contribution in [0.2, 0.25) is 0 Å². The minimum absolute atomic E-state index is 0.0280. The number of nitrogens with zero attached hydrogens (tertiary/aromatic N) is 1. The van der Waals surface area contributed by atoms with E-state index in [0.717, 1.165) is 11.6 Å². The van der Waals surface area contributed by atoms with Crippen LogP contribution in [0.1, 0.15) is 11.5 Å². The van der Waals surface area contributed by atoms with Crippen LogP contribution in [0.15, 0.2) is 18.2 Å². The number of hydrogen-bond acceptors (Lipinski definition) is 3.